The van der Waals surface area contributed by atoms with E-state index in [-0.39, 0.29) is 17.3 Å². The summed E-state index contributed by atoms with van der Waals surface area (Å²) in [6, 6.07) is 11.4. The van der Waals surface area contributed by atoms with Gasteiger partial charge in [-0.1, -0.05) is 31.0 Å². The molecule has 2 aliphatic carbocycles. The number of sulfonamides is 1. The first-order valence-corrected chi connectivity index (χ1v) is 17.3. The highest BCUT2D eigenvalue weighted by Crippen LogP contribution is 2.47. The molecule has 2 aromatic carbocycles. The number of aldehydes is 1. The zero-order chi connectivity index (χ0) is 29.6. The maximum absolute atomic E-state index is 13.3. The number of nitrogens with zero attached hydrogens (tertiary/aromatic N) is 1. The van der Waals surface area contributed by atoms with Crippen LogP contribution in [0, 0.1) is 23.7 Å². The van der Waals surface area contributed by atoms with E-state index in [0.29, 0.717) is 42.7 Å². The zero-order valence-corrected chi connectivity index (χ0v) is 26.1. The number of nitrogens with one attached hydrogen (secondary N) is 1. The Labute approximate surface area is 254 Å². The molecule has 7 nitrogen and oxygen atoms in total. The summed E-state index contributed by atoms with van der Waals surface area (Å²) < 4.78 is 35.3. The van der Waals surface area contributed by atoms with Crippen molar-refractivity contribution in [3.63, 3.8) is 0 Å². The van der Waals surface area contributed by atoms with Crippen molar-refractivity contribution in [3.05, 3.63) is 58.1 Å². The lowest BCUT2D eigenvalue weighted by atomic mass is 9.65. The van der Waals surface area contributed by atoms with Gasteiger partial charge in [0.1, 0.15) is 12.0 Å². The fourth-order valence-electron chi connectivity index (χ4n) is 7.80. The number of hydrogen-bond donors (Lipinski definition) is 1. The molecule has 2 heterocycles. The number of aryl methyl sites for hydroxylation is 1. The highest BCUT2D eigenvalue weighted by atomic mass is 35.5. The minimum absolute atomic E-state index is 0.0315. The van der Waals surface area contributed by atoms with Gasteiger partial charge < -0.3 is 14.4 Å². The quantitative estimate of drug-likeness (QED) is 0.402. The van der Waals surface area contributed by atoms with E-state index in [1.165, 1.54) is 11.1 Å². The van der Waals surface area contributed by atoms with Crippen molar-refractivity contribution in [2.75, 3.05) is 24.6 Å². The van der Waals surface area contributed by atoms with Crippen LogP contribution in [0.1, 0.15) is 80.3 Å². The van der Waals surface area contributed by atoms with Crippen LogP contribution in [0.3, 0.4) is 0 Å². The van der Waals surface area contributed by atoms with Gasteiger partial charge in [0.05, 0.1) is 17.5 Å². The first-order valence-electron chi connectivity index (χ1n) is 15.4. The van der Waals surface area contributed by atoms with Crippen LogP contribution in [-0.2, 0) is 26.7 Å². The number of anilines is 1. The summed E-state index contributed by atoms with van der Waals surface area (Å²) in [4.78, 5) is 28.0. The van der Waals surface area contributed by atoms with E-state index >= 15 is 0 Å². The molecule has 1 N–H and O–H groups in total. The normalized spacial score (nSPS) is 32.8. The molecule has 0 aromatic heterocycles. The molecular formula is C33H41ClN2O5S. The van der Waals surface area contributed by atoms with Crippen LogP contribution in [0.2, 0.25) is 5.02 Å². The average molecular weight is 613 g/mol. The van der Waals surface area contributed by atoms with Gasteiger partial charge in [-0.2, -0.15) is 0 Å². The predicted octanol–water partition coefficient (Wildman–Crippen LogP) is 5.92. The largest absolute Gasteiger partial charge is 0.490 e. The van der Waals surface area contributed by atoms with Gasteiger partial charge in [0.2, 0.25) is 10.0 Å². The Morgan fingerprint density at radius 3 is 2.67 bits per heavy atom. The Morgan fingerprint density at radius 2 is 1.90 bits per heavy atom. The van der Waals surface area contributed by atoms with Crippen molar-refractivity contribution < 1.29 is 22.7 Å². The molecule has 2 aromatic rings. The number of carbonyl (C=O) groups is 2. The number of amides is 1. The number of ether oxygens (including phenoxy) is 1. The molecule has 1 amide bonds. The third-order valence-electron chi connectivity index (χ3n) is 10.7. The molecule has 1 spiro atoms. The maximum Gasteiger partial charge on any atom is 0.264 e. The zero-order valence-electron chi connectivity index (χ0n) is 24.5. The van der Waals surface area contributed by atoms with E-state index in [1.54, 1.807) is 25.1 Å². The molecule has 1 unspecified atom stereocenters. The summed E-state index contributed by atoms with van der Waals surface area (Å²) >= 11 is 6.39. The molecule has 0 saturated heterocycles. The number of halogens is 1. The monoisotopic (exact) mass is 612 g/mol. The Morgan fingerprint density at radius 1 is 1.07 bits per heavy atom. The molecule has 9 heteroatoms. The van der Waals surface area contributed by atoms with Crippen molar-refractivity contribution >= 4 is 39.5 Å². The van der Waals surface area contributed by atoms with Crippen LogP contribution < -0.4 is 14.4 Å². The van der Waals surface area contributed by atoms with Crippen LogP contribution in [0.4, 0.5) is 5.69 Å². The second kappa shape index (κ2) is 11.5. The average Bonchev–Trinajstić information content (AvgIpc) is 3.10. The summed E-state index contributed by atoms with van der Waals surface area (Å²) in [6.45, 7) is 5.54. The van der Waals surface area contributed by atoms with Crippen LogP contribution in [-0.4, -0.2) is 45.6 Å². The lowest BCUT2D eigenvalue weighted by molar-refractivity contribution is -0.115. The predicted molar refractivity (Wildman–Crippen MR) is 165 cm³/mol. The van der Waals surface area contributed by atoms with Crippen molar-refractivity contribution in [2.24, 2.45) is 23.7 Å². The standard InChI is InChI=1S/C33H41ClN2O5S/c1-21-5-3-6-26(18-37)28-11-8-25(28)17-36-19-33(14-4-7-23-15-27(34)10-12-29(23)33)20-41-31-13-9-24(16-30(31)36)32(38)35-42(39,40)22(21)2/h9-10,12-13,15-16,18,21-22,25-26,28H,3-8,11,14,17,19-20H2,1-2H3,(H,35,38)/t21-,22+,25-,26-,28?,33-/m0/s1. The first kappa shape index (κ1) is 29.5. The summed E-state index contributed by atoms with van der Waals surface area (Å²) in [5.74, 6) is 0.559. The topological polar surface area (TPSA) is 92.8 Å². The second-order valence-corrected chi connectivity index (χ2v) is 15.7. The molecule has 1 saturated carbocycles. The third-order valence-corrected chi connectivity index (χ3v) is 12.8. The molecule has 6 rings (SSSR count). The van der Waals surface area contributed by atoms with Crippen LogP contribution in [0.5, 0.6) is 5.75 Å². The van der Waals surface area contributed by atoms with Gasteiger partial charge in [-0.15, -0.1) is 0 Å². The first-order chi connectivity index (χ1) is 20.1. The summed E-state index contributed by atoms with van der Waals surface area (Å²) in [5.41, 5.74) is 3.37. The minimum atomic E-state index is -3.89. The fourth-order valence-corrected chi connectivity index (χ4v) is 9.31. The fraction of sp³-hybridized carbons (Fsp3) is 0.576. The van der Waals surface area contributed by atoms with E-state index in [2.05, 4.69) is 21.8 Å². The molecule has 6 atom stereocenters. The van der Waals surface area contributed by atoms with Gasteiger partial charge in [-0.05, 0) is 111 Å². The number of benzene rings is 2. The summed E-state index contributed by atoms with van der Waals surface area (Å²) in [5, 5.41) is 0.000975. The van der Waals surface area contributed by atoms with Gasteiger partial charge >= 0.3 is 0 Å². The maximum atomic E-state index is 13.3. The molecule has 226 valence electrons. The van der Waals surface area contributed by atoms with E-state index in [4.69, 9.17) is 16.3 Å². The minimum Gasteiger partial charge on any atom is -0.490 e. The second-order valence-electron chi connectivity index (χ2n) is 13.2. The molecule has 1 fully saturated rings. The van der Waals surface area contributed by atoms with Crippen molar-refractivity contribution in [3.8, 4) is 5.75 Å². The van der Waals surface area contributed by atoms with Gasteiger partial charge in [0.25, 0.3) is 5.91 Å². The van der Waals surface area contributed by atoms with Crippen LogP contribution in [0.15, 0.2) is 36.4 Å². The summed E-state index contributed by atoms with van der Waals surface area (Å²) in [6.07, 6.45) is 8.43. The van der Waals surface area contributed by atoms with Crippen molar-refractivity contribution in [1.82, 2.24) is 4.72 Å². The number of carbonyl (C=O) groups excluding carboxylic acids is 2. The van der Waals surface area contributed by atoms with Crippen LogP contribution >= 0.6 is 11.6 Å². The Kier molecular flexibility index (Phi) is 8.07. The Balaban J connectivity index is 1.42. The Hall–Kier alpha value is -2.58. The van der Waals surface area contributed by atoms with E-state index in [9.17, 15) is 18.0 Å². The number of rotatable bonds is 1. The molecule has 2 aliphatic heterocycles. The van der Waals surface area contributed by atoms with Gasteiger partial charge in [-0.25, -0.2) is 13.1 Å². The smallest absolute Gasteiger partial charge is 0.264 e. The third kappa shape index (κ3) is 5.45. The van der Waals surface area contributed by atoms with Crippen molar-refractivity contribution in [2.45, 2.75) is 75.9 Å². The highest BCUT2D eigenvalue weighted by molar-refractivity contribution is 7.90. The molecular weight excluding hydrogens is 572 g/mol. The number of hydrogen-bond acceptors (Lipinski definition) is 6. The van der Waals surface area contributed by atoms with E-state index < -0.39 is 21.2 Å². The molecule has 4 aliphatic rings. The van der Waals surface area contributed by atoms with Crippen LogP contribution in [0.25, 0.3) is 0 Å². The molecule has 2 bridgehead atoms. The molecule has 42 heavy (non-hydrogen) atoms. The summed E-state index contributed by atoms with van der Waals surface area (Å²) in [7, 11) is -3.89. The van der Waals surface area contributed by atoms with Gasteiger partial charge in [0, 0.05) is 35.0 Å². The van der Waals surface area contributed by atoms with Gasteiger partial charge in [-0.3, -0.25) is 4.79 Å². The lowest BCUT2D eigenvalue weighted by Crippen LogP contribution is -2.49. The SMILES string of the molecule is C[C@@H]1[C@@H](C)CCC[C@@H](C=O)C2CC[C@H]2CN2C[C@@]3(CCCc4cc(Cl)ccc43)COc3ccc(cc32)C(=O)NS1(=O)=O. The van der Waals surface area contributed by atoms with E-state index in [0.717, 1.165) is 68.5 Å². The highest BCUT2D eigenvalue weighted by Gasteiger charge is 2.44. The molecule has 0 radical (unpaired) electrons. The van der Waals surface area contributed by atoms with Crippen molar-refractivity contribution in [1.29, 1.82) is 0 Å². The van der Waals surface area contributed by atoms with E-state index in [1.807, 2.05) is 13.0 Å². The Bertz CT molecular complexity index is 1480. The van der Waals surface area contributed by atoms with Gasteiger partial charge in [0.15, 0.2) is 0 Å². The number of fused-ring (bicyclic) bond motifs is 4. The lowest BCUT2D eigenvalue weighted by Gasteiger charge is -2.46.